The van der Waals surface area contributed by atoms with Crippen LogP contribution in [0.1, 0.15) is 27.9 Å². The lowest BCUT2D eigenvalue weighted by molar-refractivity contribution is 0.0892. The minimum Gasteiger partial charge on any atom is -0.392 e. The van der Waals surface area contributed by atoms with E-state index in [4.69, 9.17) is 0 Å². The number of aryl methyl sites for hydroxylation is 1. The van der Waals surface area contributed by atoms with E-state index in [-0.39, 0.29) is 11.5 Å². The first kappa shape index (κ1) is 18.4. The molecule has 1 aromatic heterocycles. The Balaban J connectivity index is 1.43. The third-order valence-electron chi connectivity index (χ3n) is 4.81. The molecule has 6 heteroatoms. The van der Waals surface area contributed by atoms with Crippen molar-refractivity contribution in [2.75, 3.05) is 19.6 Å². The van der Waals surface area contributed by atoms with Gasteiger partial charge in [0, 0.05) is 51.1 Å². The maximum atomic E-state index is 12.1. The molecule has 1 unspecified atom stereocenters. The second kappa shape index (κ2) is 8.29. The summed E-state index contributed by atoms with van der Waals surface area (Å²) in [5, 5.41) is 13.0. The average Bonchev–Trinajstić information content (AvgIpc) is 2.63. The predicted molar refractivity (Wildman–Crippen MR) is 100 cm³/mol. The molecule has 1 aliphatic heterocycles. The van der Waals surface area contributed by atoms with Crippen LogP contribution in [0, 0.1) is 0 Å². The molecule has 0 aliphatic carbocycles. The molecule has 1 amide bonds. The molecule has 0 saturated heterocycles. The maximum Gasteiger partial charge on any atom is 0.251 e. The van der Waals surface area contributed by atoms with Gasteiger partial charge in [-0.2, -0.15) is 0 Å². The Bertz CT molecular complexity index is 831. The first-order valence-corrected chi connectivity index (χ1v) is 8.95. The van der Waals surface area contributed by atoms with Crippen molar-refractivity contribution in [2.45, 2.75) is 25.5 Å². The van der Waals surface area contributed by atoms with E-state index in [0.29, 0.717) is 25.1 Å². The van der Waals surface area contributed by atoms with Crippen molar-refractivity contribution in [3.8, 4) is 0 Å². The van der Waals surface area contributed by atoms with Crippen molar-refractivity contribution >= 4 is 5.91 Å². The molecule has 1 aromatic carbocycles. The van der Waals surface area contributed by atoms with E-state index in [1.807, 2.05) is 6.07 Å². The third kappa shape index (κ3) is 4.59. The lowest BCUT2D eigenvalue weighted by atomic mass is 9.99. The molecule has 0 bridgehead atoms. The first-order valence-electron chi connectivity index (χ1n) is 8.95. The Morgan fingerprint density at radius 2 is 2.04 bits per heavy atom. The molecule has 138 valence electrons. The number of aromatic nitrogens is 1. The number of rotatable bonds is 6. The number of amides is 1. The van der Waals surface area contributed by atoms with Gasteiger partial charge >= 0.3 is 0 Å². The van der Waals surface area contributed by atoms with Crippen LogP contribution >= 0.6 is 0 Å². The predicted octanol–water partition coefficient (Wildman–Crippen LogP) is 0.924. The van der Waals surface area contributed by atoms with Crippen LogP contribution in [-0.2, 0) is 20.0 Å². The highest BCUT2D eigenvalue weighted by molar-refractivity contribution is 5.93. The lowest BCUT2D eigenvalue weighted by Crippen LogP contribution is -2.38. The van der Waals surface area contributed by atoms with Crippen LogP contribution in [0.5, 0.6) is 0 Å². The van der Waals surface area contributed by atoms with Gasteiger partial charge in [-0.3, -0.25) is 14.5 Å². The van der Waals surface area contributed by atoms with Gasteiger partial charge in [0.2, 0.25) is 0 Å². The van der Waals surface area contributed by atoms with Gasteiger partial charge in [0.1, 0.15) is 0 Å². The molecule has 6 nitrogen and oxygen atoms in total. The summed E-state index contributed by atoms with van der Waals surface area (Å²) in [7, 11) is 1.64. The summed E-state index contributed by atoms with van der Waals surface area (Å²) < 4.78 is 1.41. The van der Waals surface area contributed by atoms with E-state index in [9.17, 15) is 14.7 Å². The molecular weight excluding hydrogens is 330 g/mol. The minimum absolute atomic E-state index is 0.219. The van der Waals surface area contributed by atoms with Gasteiger partial charge in [0.05, 0.1) is 6.10 Å². The van der Waals surface area contributed by atoms with Crippen molar-refractivity contribution in [2.24, 2.45) is 7.05 Å². The average molecular weight is 355 g/mol. The van der Waals surface area contributed by atoms with Crippen molar-refractivity contribution in [1.82, 2.24) is 14.8 Å². The minimum atomic E-state index is -0.496. The van der Waals surface area contributed by atoms with Gasteiger partial charge in [-0.1, -0.05) is 24.3 Å². The zero-order valence-corrected chi connectivity index (χ0v) is 15.0. The van der Waals surface area contributed by atoms with Crippen LogP contribution in [-0.4, -0.2) is 46.2 Å². The van der Waals surface area contributed by atoms with E-state index >= 15 is 0 Å². The Kier molecular flexibility index (Phi) is 5.85. The molecule has 0 spiro atoms. The van der Waals surface area contributed by atoms with Gasteiger partial charge in [0.25, 0.3) is 11.5 Å². The highest BCUT2D eigenvalue weighted by atomic mass is 16.3. The summed E-state index contributed by atoms with van der Waals surface area (Å²) in [5.41, 5.74) is 2.84. The quantitative estimate of drug-likeness (QED) is 0.808. The van der Waals surface area contributed by atoms with E-state index in [1.54, 1.807) is 19.3 Å². The number of aliphatic hydroxyl groups excluding tert-OH is 1. The SMILES string of the molecule is Cn1ccc(C(=O)NCCC(O)CN2CCc3ccccc3C2)cc1=O. The van der Waals surface area contributed by atoms with Crippen LogP contribution < -0.4 is 10.9 Å². The van der Waals surface area contributed by atoms with Crippen LogP contribution in [0.15, 0.2) is 47.4 Å². The topological polar surface area (TPSA) is 74.6 Å². The van der Waals surface area contributed by atoms with Gasteiger partial charge in [-0.25, -0.2) is 0 Å². The summed E-state index contributed by atoms with van der Waals surface area (Å²) in [6.45, 7) is 2.76. The van der Waals surface area contributed by atoms with Gasteiger partial charge in [-0.05, 0) is 30.0 Å². The number of hydrogen-bond acceptors (Lipinski definition) is 4. The Morgan fingerprint density at radius 3 is 2.81 bits per heavy atom. The second-order valence-electron chi connectivity index (χ2n) is 6.82. The van der Waals surface area contributed by atoms with E-state index < -0.39 is 6.10 Å². The number of carbonyl (C=O) groups excluding carboxylic acids is 1. The Hall–Kier alpha value is -2.44. The number of nitrogens with zero attached hydrogens (tertiary/aromatic N) is 2. The van der Waals surface area contributed by atoms with E-state index in [1.165, 1.54) is 21.8 Å². The van der Waals surface area contributed by atoms with Crippen molar-refractivity contribution < 1.29 is 9.90 Å². The van der Waals surface area contributed by atoms with Gasteiger partial charge in [-0.15, -0.1) is 0 Å². The largest absolute Gasteiger partial charge is 0.392 e. The van der Waals surface area contributed by atoms with E-state index in [2.05, 4.69) is 28.4 Å². The molecule has 2 aromatic rings. The molecule has 2 heterocycles. The standard InChI is InChI=1S/C20H25N3O3/c1-22-10-7-16(12-19(22)25)20(26)21-9-6-18(24)14-23-11-8-15-4-2-3-5-17(15)13-23/h2-5,7,10,12,18,24H,6,8-9,11,13-14H2,1H3,(H,21,26). The zero-order valence-electron chi connectivity index (χ0n) is 15.0. The smallest absolute Gasteiger partial charge is 0.251 e. The lowest BCUT2D eigenvalue weighted by Gasteiger charge is -2.30. The fraction of sp³-hybridized carbons (Fsp3) is 0.400. The summed E-state index contributed by atoms with van der Waals surface area (Å²) >= 11 is 0. The highest BCUT2D eigenvalue weighted by Gasteiger charge is 2.18. The zero-order chi connectivity index (χ0) is 18.5. The number of hydrogen-bond donors (Lipinski definition) is 2. The molecule has 3 rings (SSSR count). The molecule has 0 saturated carbocycles. The molecule has 1 atom stereocenters. The van der Waals surface area contributed by atoms with Crippen LogP contribution in [0.2, 0.25) is 0 Å². The molecule has 1 aliphatic rings. The number of fused-ring (bicyclic) bond motifs is 1. The van der Waals surface area contributed by atoms with Gasteiger partial charge in [0.15, 0.2) is 0 Å². The van der Waals surface area contributed by atoms with Crippen molar-refractivity contribution in [1.29, 1.82) is 0 Å². The normalized spacial score (nSPS) is 15.3. The fourth-order valence-corrected chi connectivity index (χ4v) is 3.24. The van der Waals surface area contributed by atoms with E-state index in [0.717, 1.165) is 19.5 Å². The Morgan fingerprint density at radius 1 is 1.27 bits per heavy atom. The number of nitrogens with one attached hydrogen (secondary N) is 1. The van der Waals surface area contributed by atoms with Crippen molar-refractivity contribution in [3.63, 3.8) is 0 Å². The molecule has 0 fully saturated rings. The number of pyridine rings is 1. The molecule has 0 radical (unpaired) electrons. The van der Waals surface area contributed by atoms with Crippen LogP contribution in [0.3, 0.4) is 0 Å². The maximum absolute atomic E-state index is 12.1. The number of aliphatic hydroxyl groups is 1. The number of benzene rings is 1. The molecule has 26 heavy (non-hydrogen) atoms. The summed E-state index contributed by atoms with van der Waals surface area (Å²) in [4.78, 5) is 25.9. The monoisotopic (exact) mass is 355 g/mol. The molecule has 2 N–H and O–H groups in total. The highest BCUT2D eigenvalue weighted by Crippen LogP contribution is 2.18. The van der Waals surface area contributed by atoms with Gasteiger partial charge < -0.3 is 15.0 Å². The van der Waals surface area contributed by atoms with Crippen molar-refractivity contribution in [3.05, 3.63) is 69.6 Å². The van der Waals surface area contributed by atoms with Crippen LogP contribution in [0.4, 0.5) is 0 Å². The number of carbonyl (C=O) groups is 1. The summed E-state index contributed by atoms with van der Waals surface area (Å²) in [6, 6.07) is 11.3. The first-order chi connectivity index (χ1) is 12.5. The number of β-amino-alcohol motifs (C(OH)–C–C–N with tert-alkyl or cyclic N) is 1. The third-order valence-corrected chi connectivity index (χ3v) is 4.81. The summed E-state index contributed by atoms with van der Waals surface area (Å²) in [5.74, 6) is -0.290. The summed E-state index contributed by atoms with van der Waals surface area (Å²) in [6.07, 6.45) is 2.56. The second-order valence-corrected chi connectivity index (χ2v) is 6.82. The Labute approximate surface area is 153 Å². The fourth-order valence-electron chi connectivity index (χ4n) is 3.24. The van der Waals surface area contributed by atoms with Crippen LogP contribution in [0.25, 0.3) is 0 Å². The molecular formula is C20H25N3O3.